The topological polar surface area (TPSA) is 28.2 Å². The normalized spacial score (nSPS) is 10.3. The third-order valence-electron chi connectivity index (χ3n) is 3.13. The zero-order valence-corrected chi connectivity index (χ0v) is 11.9. The smallest absolute Gasteiger partial charge is 0.0421 e. The summed E-state index contributed by atoms with van der Waals surface area (Å²) in [7, 11) is 4.14. The second-order valence-electron chi connectivity index (χ2n) is 4.89. The minimum absolute atomic E-state index is 0.896. The van der Waals surface area contributed by atoms with Gasteiger partial charge in [0.05, 0.1) is 0 Å². The van der Waals surface area contributed by atoms with Gasteiger partial charge >= 0.3 is 0 Å². The number of pyridine rings is 1. The molecule has 0 aliphatic carbocycles. The largest absolute Gasteiger partial charge is 0.385 e. The lowest BCUT2D eigenvalue weighted by Gasteiger charge is -2.17. The fraction of sp³-hybridized carbons (Fsp3) is 0.312. The third kappa shape index (κ3) is 3.71. The van der Waals surface area contributed by atoms with E-state index in [1.54, 1.807) is 0 Å². The van der Waals surface area contributed by atoms with Gasteiger partial charge in [0.1, 0.15) is 0 Å². The molecule has 0 unspecified atom stereocenters. The number of nitrogens with one attached hydrogen (secondary N) is 1. The minimum Gasteiger partial charge on any atom is -0.385 e. The lowest BCUT2D eigenvalue weighted by Crippen LogP contribution is -2.11. The van der Waals surface area contributed by atoms with Gasteiger partial charge in [-0.2, -0.15) is 0 Å². The minimum atomic E-state index is 0.896. The van der Waals surface area contributed by atoms with Crippen molar-refractivity contribution in [3.05, 3.63) is 53.9 Å². The molecule has 1 aromatic heterocycles. The zero-order chi connectivity index (χ0) is 13.7. The Morgan fingerprint density at radius 2 is 2.00 bits per heavy atom. The summed E-state index contributed by atoms with van der Waals surface area (Å²) in [5.74, 6) is 0. The maximum atomic E-state index is 4.32. The maximum Gasteiger partial charge on any atom is 0.0421 e. The second kappa shape index (κ2) is 6.23. The molecule has 0 saturated carbocycles. The molecule has 0 amide bonds. The molecule has 0 aliphatic rings. The van der Waals surface area contributed by atoms with Gasteiger partial charge in [0.2, 0.25) is 0 Å². The van der Waals surface area contributed by atoms with Crippen LogP contribution in [0.1, 0.15) is 11.3 Å². The van der Waals surface area contributed by atoms with Gasteiger partial charge in [-0.05, 0) is 36.8 Å². The van der Waals surface area contributed by atoms with E-state index in [9.17, 15) is 0 Å². The predicted molar refractivity (Wildman–Crippen MR) is 81.9 cm³/mol. The molecule has 2 rings (SSSR count). The number of nitrogens with zero attached hydrogens (tertiary/aromatic N) is 2. The van der Waals surface area contributed by atoms with E-state index in [-0.39, 0.29) is 0 Å². The Morgan fingerprint density at radius 3 is 2.68 bits per heavy atom. The van der Waals surface area contributed by atoms with E-state index in [4.69, 9.17) is 0 Å². The number of aryl methyl sites for hydroxylation is 1. The van der Waals surface area contributed by atoms with Crippen LogP contribution in [0.3, 0.4) is 0 Å². The summed E-state index contributed by atoms with van der Waals surface area (Å²) in [4.78, 5) is 6.46. The van der Waals surface area contributed by atoms with Crippen LogP contribution >= 0.6 is 0 Å². The van der Waals surface area contributed by atoms with Crippen LogP contribution in [0.5, 0.6) is 0 Å². The summed E-state index contributed by atoms with van der Waals surface area (Å²) in [6.07, 6.45) is 2.78. The molecule has 3 nitrogen and oxygen atoms in total. The highest BCUT2D eigenvalue weighted by Crippen LogP contribution is 2.22. The molecule has 0 saturated heterocycles. The number of aromatic nitrogens is 1. The average Bonchev–Trinajstić information content (AvgIpc) is 2.41. The standard InChI is InChI=1S/C16H21N3/c1-13-7-8-15(12-16(13)19(2)3)18-11-9-14-6-4-5-10-17-14/h4-8,10,12,18H,9,11H2,1-3H3. The van der Waals surface area contributed by atoms with E-state index in [0.717, 1.165) is 24.3 Å². The summed E-state index contributed by atoms with van der Waals surface area (Å²) >= 11 is 0. The van der Waals surface area contributed by atoms with Gasteiger partial charge in [0.25, 0.3) is 0 Å². The van der Waals surface area contributed by atoms with Crippen LogP contribution < -0.4 is 10.2 Å². The van der Waals surface area contributed by atoms with Crippen molar-refractivity contribution in [1.82, 2.24) is 4.98 Å². The van der Waals surface area contributed by atoms with Gasteiger partial charge in [-0.3, -0.25) is 4.98 Å². The zero-order valence-electron chi connectivity index (χ0n) is 11.9. The van der Waals surface area contributed by atoms with Crippen molar-refractivity contribution in [1.29, 1.82) is 0 Å². The first-order valence-corrected chi connectivity index (χ1v) is 6.58. The molecular weight excluding hydrogens is 234 g/mol. The van der Waals surface area contributed by atoms with Crippen LogP contribution in [0.4, 0.5) is 11.4 Å². The summed E-state index contributed by atoms with van der Waals surface area (Å²) in [6.45, 7) is 3.03. The van der Waals surface area contributed by atoms with Crippen LogP contribution in [0.25, 0.3) is 0 Å². The van der Waals surface area contributed by atoms with E-state index >= 15 is 0 Å². The molecule has 0 spiro atoms. The highest BCUT2D eigenvalue weighted by Gasteiger charge is 2.02. The average molecular weight is 255 g/mol. The van der Waals surface area contributed by atoms with Crippen molar-refractivity contribution < 1.29 is 0 Å². The Hall–Kier alpha value is -2.03. The van der Waals surface area contributed by atoms with Crippen LogP contribution in [0.2, 0.25) is 0 Å². The molecular formula is C16H21N3. The van der Waals surface area contributed by atoms with Crippen molar-refractivity contribution in [3.8, 4) is 0 Å². The molecule has 100 valence electrons. The van der Waals surface area contributed by atoms with Gasteiger partial charge in [-0.1, -0.05) is 12.1 Å². The molecule has 1 heterocycles. The summed E-state index contributed by atoms with van der Waals surface area (Å²) in [5.41, 5.74) is 4.82. The number of hydrogen-bond acceptors (Lipinski definition) is 3. The van der Waals surface area contributed by atoms with E-state index < -0.39 is 0 Å². The van der Waals surface area contributed by atoms with Gasteiger partial charge in [0.15, 0.2) is 0 Å². The van der Waals surface area contributed by atoms with Gasteiger partial charge < -0.3 is 10.2 Å². The highest BCUT2D eigenvalue weighted by atomic mass is 15.1. The third-order valence-corrected chi connectivity index (χ3v) is 3.13. The number of rotatable bonds is 5. The first kappa shape index (κ1) is 13.4. The molecule has 0 aliphatic heterocycles. The van der Waals surface area contributed by atoms with E-state index in [2.05, 4.69) is 60.5 Å². The van der Waals surface area contributed by atoms with Crippen molar-refractivity contribution >= 4 is 11.4 Å². The molecule has 2 aromatic rings. The fourth-order valence-electron chi connectivity index (χ4n) is 2.08. The van der Waals surface area contributed by atoms with Gasteiger partial charge in [-0.25, -0.2) is 0 Å². The quantitative estimate of drug-likeness (QED) is 0.889. The summed E-state index contributed by atoms with van der Waals surface area (Å²) < 4.78 is 0. The number of benzene rings is 1. The molecule has 0 fully saturated rings. The first-order chi connectivity index (χ1) is 9.16. The fourth-order valence-corrected chi connectivity index (χ4v) is 2.08. The first-order valence-electron chi connectivity index (χ1n) is 6.58. The van der Waals surface area contributed by atoms with Crippen molar-refractivity contribution in [2.75, 3.05) is 30.9 Å². The molecule has 0 radical (unpaired) electrons. The van der Waals surface area contributed by atoms with Gasteiger partial charge in [0, 0.05) is 50.3 Å². The number of anilines is 2. The molecule has 0 atom stereocenters. The SMILES string of the molecule is Cc1ccc(NCCc2ccccn2)cc1N(C)C. The molecule has 1 N–H and O–H groups in total. The summed E-state index contributed by atoms with van der Waals surface area (Å²) in [6, 6.07) is 12.5. The van der Waals surface area contributed by atoms with E-state index in [1.165, 1.54) is 11.3 Å². The van der Waals surface area contributed by atoms with Crippen LogP contribution in [-0.4, -0.2) is 25.6 Å². The predicted octanol–water partition coefficient (Wildman–Crippen LogP) is 3.11. The van der Waals surface area contributed by atoms with Crippen LogP contribution in [0.15, 0.2) is 42.6 Å². The highest BCUT2D eigenvalue weighted by molar-refractivity contribution is 5.61. The molecule has 0 bridgehead atoms. The monoisotopic (exact) mass is 255 g/mol. The van der Waals surface area contributed by atoms with Crippen LogP contribution in [-0.2, 0) is 6.42 Å². The Bertz CT molecular complexity index is 521. The van der Waals surface area contributed by atoms with E-state index in [0.29, 0.717) is 0 Å². The Balaban J connectivity index is 1.95. The summed E-state index contributed by atoms with van der Waals surface area (Å²) in [5, 5.41) is 3.45. The van der Waals surface area contributed by atoms with Crippen molar-refractivity contribution in [2.24, 2.45) is 0 Å². The lowest BCUT2D eigenvalue weighted by molar-refractivity contribution is 0.961. The Labute approximate surface area is 115 Å². The van der Waals surface area contributed by atoms with Gasteiger partial charge in [-0.15, -0.1) is 0 Å². The van der Waals surface area contributed by atoms with E-state index in [1.807, 2.05) is 18.3 Å². The van der Waals surface area contributed by atoms with Crippen molar-refractivity contribution in [2.45, 2.75) is 13.3 Å². The molecule has 3 heteroatoms. The van der Waals surface area contributed by atoms with Crippen LogP contribution in [0, 0.1) is 6.92 Å². The lowest BCUT2D eigenvalue weighted by atomic mass is 10.1. The Kier molecular flexibility index (Phi) is 4.39. The van der Waals surface area contributed by atoms with Crippen molar-refractivity contribution in [3.63, 3.8) is 0 Å². The molecule has 19 heavy (non-hydrogen) atoms. The Morgan fingerprint density at radius 1 is 1.16 bits per heavy atom. The number of hydrogen-bond donors (Lipinski definition) is 1. The second-order valence-corrected chi connectivity index (χ2v) is 4.89. The molecule has 1 aromatic carbocycles. The maximum absolute atomic E-state index is 4.32.